The van der Waals surface area contributed by atoms with Crippen molar-refractivity contribution >= 4 is 6.09 Å². The molecule has 0 fully saturated rings. The molecule has 0 aromatic rings. The molecule has 0 aromatic carbocycles. The van der Waals surface area contributed by atoms with Gasteiger partial charge in [0, 0.05) is 21.7 Å². The van der Waals surface area contributed by atoms with Crippen LogP contribution in [0.15, 0.2) is 0 Å². The number of hydrogen-bond donors (Lipinski definition) is 2. The van der Waals surface area contributed by atoms with Crippen LogP contribution in [0.5, 0.6) is 0 Å². The molecule has 0 saturated carbocycles. The summed E-state index contributed by atoms with van der Waals surface area (Å²) in [6.07, 6.45) is -1.33. The van der Waals surface area contributed by atoms with E-state index >= 15 is 0 Å². The predicted octanol–water partition coefficient (Wildman–Crippen LogP) is -0.379. The molecule has 3 N–H and O–H groups in total. The third kappa shape index (κ3) is 63500. The Balaban J connectivity index is 0. The molecular weight excluding hydrogens is 106 g/mol. The van der Waals surface area contributed by atoms with Gasteiger partial charge >= 0.3 is 6.09 Å². The maximum atomic E-state index is 8.78. The average Bonchev–Trinajstić information content (AvgIpc) is 0.811. The molecule has 0 aliphatic carbocycles. The SMILES string of the molecule is NC(=O)O.[Ti]. The predicted molar refractivity (Wildman–Crippen MR) is 12.2 cm³/mol. The molecule has 0 aliphatic rings. The van der Waals surface area contributed by atoms with Crippen molar-refractivity contribution in [3.05, 3.63) is 0 Å². The molecule has 0 aliphatic heterocycles. The summed E-state index contributed by atoms with van der Waals surface area (Å²) in [5, 5.41) is 7.19. The van der Waals surface area contributed by atoms with Crippen molar-refractivity contribution in [1.29, 1.82) is 0 Å². The van der Waals surface area contributed by atoms with Crippen LogP contribution in [0.3, 0.4) is 0 Å². The zero-order chi connectivity index (χ0) is 3.58. The second-order valence-corrected chi connectivity index (χ2v) is 0.338. The smallest absolute Gasteiger partial charge is 0.402 e. The summed E-state index contributed by atoms with van der Waals surface area (Å²) in [7, 11) is 0. The molecular formula is CH3NO2Ti. The number of carboxylic acid groups (broad SMARTS) is 1. The van der Waals surface area contributed by atoms with Crippen molar-refractivity contribution in [2.24, 2.45) is 5.73 Å². The maximum Gasteiger partial charge on any atom is 0.402 e. The number of nitrogens with two attached hydrogens (primary N) is 1. The van der Waals surface area contributed by atoms with Crippen LogP contribution in [0.2, 0.25) is 0 Å². The van der Waals surface area contributed by atoms with Gasteiger partial charge in [-0.25, -0.2) is 4.79 Å². The van der Waals surface area contributed by atoms with Crippen molar-refractivity contribution < 1.29 is 31.6 Å². The Morgan fingerprint density at radius 1 is 1.80 bits per heavy atom. The molecule has 0 radical (unpaired) electrons. The normalized spacial score (nSPS) is 4.80. The third-order valence-electron chi connectivity index (χ3n) is 0. The summed E-state index contributed by atoms with van der Waals surface area (Å²) in [5.41, 5.74) is 4.03. The topological polar surface area (TPSA) is 63.3 Å². The molecule has 0 rings (SSSR count). The quantitative estimate of drug-likeness (QED) is 0.416. The monoisotopic (exact) mass is 109 g/mol. The first-order valence-electron chi connectivity index (χ1n) is 0.716. The van der Waals surface area contributed by atoms with Crippen LogP contribution < -0.4 is 5.73 Å². The largest absolute Gasteiger partial charge is 0.465 e. The minimum atomic E-state index is -1.33. The van der Waals surface area contributed by atoms with Crippen LogP contribution >= 0.6 is 0 Å². The van der Waals surface area contributed by atoms with Crippen LogP contribution in [-0.2, 0) is 21.7 Å². The van der Waals surface area contributed by atoms with Gasteiger partial charge in [-0.1, -0.05) is 0 Å². The molecule has 0 heterocycles. The van der Waals surface area contributed by atoms with Gasteiger partial charge in [-0.05, 0) is 0 Å². The Kier molecular flexibility index (Phi) is 7.08. The summed E-state index contributed by atoms with van der Waals surface area (Å²) in [6.45, 7) is 0. The Morgan fingerprint density at radius 3 is 1.80 bits per heavy atom. The molecule has 0 saturated heterocycles. The van der Waals surface area contributed by atoms with Crippen molar-refractivity contribution in [3.8, 4) is 0 Å². The van der Waals surface area contributed by atoms with E-state index in [0.29, 0.717) is 0 Å². The van der Waals surface area contributed by atoms with Crippen LogP contribution in [0.4, 0.5) is 4.79 Å². The van der Waals surface area contributed by atoms with Gasteiger partial charge in [-0.3, -0.25) is 0 Å². The Hall–Kier alpha value is -0.0157. The molecule has 0 aromatic heterocycles. The molecule has 5 heavy (non-hydrogen) atoms. The summed E-state index contributed by atoms with van der Waals surface area (Å²) in [5.74, 6) is 0. The summed E-state index contributed by atoms with van der Waals surface area (Å²) < 4.78 is 0. The number of amides is 1. The van der Waals surface area contributed by atoms with Crippen LogP contribution in [0.1, 0.15) is 0 Å². The number of carbonyl (C=O) groups is 1. The Morgan fingerprint density at radius 2 is 1.80 bits per heavy atom. The molecule has 0 bridgehead atoms. The first-order chi connectivity index (χ1) is 1.73. The minimum absolute atomic E-state index is 0. The summed E-state index contributed by atoms with van der Waals surface area (Å²) in [6, 6.07) is 0. The van der Waals surface area contributed by atoms with Crippen LogP contribution in [-0.4, -0.2) is 11.2 Å². The summed E-state index contributed by atoms with van der Waals surface area (Å²) >= 11 is 0. The van der Waals surface area contributed by atoms with Crippen molar-refractivity contribution in [2.45, 2.75) is 0 Å². The molecule has 4 heteroatoms. The fourth-order valence-electron chi connectivity index (χ4n) is 0. The van der Waals surface area contributed by atoms with E-state index < -0.39 is 6.09 Å². The van der Waals surface area contributed by atoms with E-state index in [1.54, 1.807) is 0 Å². The molecule has 1 amide bonds. The molecule has 0 atom stereocenters. The van der Waals surface area contributed by atoms with Gasteiger partial charge in [0.1, 0.15) is 0 Å². The third-order valence-corrected chi connectivity index (χ3v) is 0. The van der Waals surface area contributed by atoms with Crippen molar-refractivity contribution in [1.82, 2.24) is 0 Å². The second kappa shape index (κ2) is 3.98. The van der Waals surface area contributed by atoms with Crippen LogP contribution in [0, 0.1) is 0 Å². The minimum Gasteiger partial charge on any atom is -0.465 e. The zero-order valence-electron chi connectivity index (χ0n) is 2.43. The van der Waals surface area contributed by atoms with E-state index in [2.05, 4.69) is 5.73 Å². The molecule has 3 nitrogen and oxygen atoms in total. The van der Waals surface area contributed by atoms with E-state index in [9.17, 15) is 0 Å². The standard InChI is InChI=1S/CH3NO2.Ti/c2-1(3)4;/h2H2,(H,3,4);. The summed E-state index contributed by atoms with van der Waals surface area (Å²) in [4.78, 5) is 8.78. The van der Waals surface area contributed by atoms with Crippen molar-refractivity contribution in [3.63, 3.8) is 0 Å². The number of primary amides is 1. The van der Waals surface area contributed by atoms with Crippen LogP contribution in [0.25, 0.3) is 0 Å². The van der Waals surface area contributed by atoms with Gasteiger partial charge in [0.15, 0.2) is 0 Å². The average molecular weight is 109 g/mol. The van der Waals surface area contributed by atoms with E-state index in [4.69, 9.17) is 9.90 Å². The van der Waals surface area contributed by atoms with E-state index in [-0.39, 0.29) is 21.7 Å². The Labute approximate surface area is 44.0 Å². The molecule has 0 unspecified atom stereocenters. The molecule has 28 valence electrons. The fourth-order valence-corrected chi connectivity index (χ4v) is 0. The van der Waals surface area contributed by atoms with Gasteiger partial charge in [-0.15, -0.1) is 0 Å². The Bertz CT molecular complexity index is 32.6. The van der Waals surface area contributed by atoms with E-state index in [1.807, 2.05) is 0 Å². The van der Waals surface area contributed by atoms with Gasteiger partial charge in [0.25, 0.3) is 0 Å². The van der Waals surface area contributed by atoms with Gasteiger partial charge in [-0.2, -0.15) is 0 Å². The van der Waals surface area contributed by atoms with Crippen molar-refractivity contribution in [2.75, 3.05) is 0 Å². The zero-order valence-corrected chi connectivity index (χ0v) is 3.99. The first kappa shape index (κ1) is 8.88. The van der Waals surface area contributed by atoms with E-state index in [0.717, 1.165) is 0 Å². The maximum absolute atomic E-state index is 8.78. The second-order valence-electron chi connectivity index (χ2n) is 0.338. The first-order valence-corrected chi connectivity index (χ1v) is 0.716. The van der Waals surface area contributed by atoms with Gasteiger partial charge < -0.3 is 10.8 Å². The fraction of sp³-hybridized carbons (Fsp3) is 0. The van der Waals surface area contributed by atoms with E-state index in [1.165, 1.54) is 0 Å². The number of rotatable bonds is 0. The van der Waals surface area contributed by atoms with Gasteiger partial charge in [0.05, 0.1) is 0 Å². The number of hydrogen-bond acceptors (Lipinski definition) is 1. The molecule has 0 spiro atoms. The van der Waals surface area contributed by atoms with Gasteiger partial charge in [0.2, 0.25) is 0 Å².